The summed E-state index contributed by atoms with van der Waals surface area (Å²) in [7, 11) is 0. The van der Waals surface area contributed by atoms with Crippen molar-refractivity contribution in [2.24, 2.45) is 16.7 Å². The van der Waals surface area contributed by atoms with E-state index < -0.39 is 11.6 Å². The molecule has 2 bridgehead atoms. The van der Waals surface area contributed by atoms with Crippen LogP contribution in [0.1, 0.15) is 58.1 Å². The predicted octanol–water partition coefficient (Wildman–Crippen LogP) is 3.09. The molecule has 4 unspecified atom stereocenters. The van der Waals surface area contributed by atoms with Gasteiger partial charge in [0.25, 0.3) is 5.91 Å². The maximum absolute atomic E-state index is 13.1. The average Bonchev–Trinajstić information content (AvgIpc) is 3.09. The fourth-order valence-corrected chi connectivity index (χ4v) is 5.73. The van der Waals surface area contributed by atoms with Gasteiger partial charge >= 0.3 is 6.03 Å². The molecule has 0 spiro atoms. The maximum atomic E-state index is 13.1. The fourth-order valence-electron chi connectivity index (χ4n) is 5.73. The summed E-state index contributed by atoms with van der Waals surface area (Å²) in [6.45, 7) is 10.3. The molecule has 156 valence electrons. The molecule has 3 aliphatic rings. The van der Waals surface area contributed by atoms with Crippen LogP contribution in [0, 0.1) is 23.7 Å². The number of imide groups is 1. The van der Waals surface area contributed by atoms with Crippen molar-refractivity contribution in [3.63, 3.8) is 0 Å². The van der Waals surface area contributed by atoms with Crippen LogP contribution in [-0.4, -0.2) is 35.3 Å². The van der Waals surface area contributed by atoms with Crippen LogP contribution in [0.15, 0.2) is 24.3 Å². The van der Waals surface area contributed by atoms with Gasteiger partial charge in [0.2, 0.25) is 5.91 Å². The second-order valence-electron chi connectivity index (χ2n) is 10.0. The highest BCUT2D eigenvalue weighted by atomic mass is 16.2. The van der Waals surface area contributed by atoms with Crippen molar-refractivity contribution in [1.82, 2.24) is 15.5 Å². The summed E-state index contributed by atoms with van der Waals surface area (Å²) in [5.74, 6) is -0.0448. The Hall–Kier alpha value is -2.37. The third-order valence-corrected chi connectivity index (χ3v) is 8.33. The average molecular weight is 398 g/mol. The summed E-state index contributed by atoms with van der Waals surface area (Å²) in [5, 5.41) is 5.91. The van der Waals surface area contributed by atoms with Crippen molar-refractivity contribution >= 4 is 17.8 Å². The van der Waals surface area contributed by atoms with E-state index in [9.17, 15) is 14.4 Å². The first-order chi connectivity index (χ1) is 13.5. The highest BCUT2D eigenvalue weighted by Gasteiger charge is 2.61. The summed E-state index contributed by atoms with van der Waals surface area (Å²) in [6.07, 6.45) is 3.28. The highest BCUT2D eigenvalue weighted by Crippen LogP contribution is 2.65. The van der Waals surface area contributed by atoms with E-state index in [1.165, 1.54) is 6.42 Å². The number of fused-ring (bicyclic) bond motifs is 2. The number of hydrogen-bond donors (Lipinski definition) is 2. The smallest absolute Gasteiger partial charge is 0.325 e. The van der Waals surface area contributed by atoms with Gasteiger partial charge in [-0.1, -0.05) is 50.6 Å². The van der Waals surface area contributed by atoms with E-state index in [1.807, 2.05) is 31.2 Å². The van der Waals surface area contributed by atoms with Gasteiger partial charge in [-0.25, -0.2) is 4.79 Å². The Kier molecular flexibility index (Phi) is 4.34. The summed E-state index contributed by atoms with van der Waals surface area (Å²) in [6, 6.07) is 7.07. The Morgan fingerprint density at radius 3 is 2.38 bits per heavy atom. The minimum Gasteiger partial charge on any atom is -0.351 e. The summed E-state index contributed by atoms with van der Waals surface area (Å²) in [5.41, 5.74) is 0.891. The lowest BCUT2D eigenvalue weighted by molar-refractivity contribution is -0.135. The van der Waals surface area contributed by atoms with Gasteiger partial charge in [0.1, 0.15) is 12.1 Å². The number of nitrogens with one attached hydrogen (secondary N) is 2. The summed E-state index contributed by atoms with van der Waals surface area (Å²) < 4.78 is 0. The van der Waals surface area contributed by atoms with Gasteiger partial charge in [-0.15, -0.1) is 0 Å². The number of carbonyl (C=O) groups is 3. The molecule has 6 nitrogen and oxygen atoms in total. The molecule has 4 amide bonds. The van der Waals surface area contributed by atoms with E-state index in [2.05, 4.69) is 31.4 Å². The van der Waals surface area contributed by atoms with Crippen molar-refractivity contribution in [1.29, 1.82) is 0 Å². The topological polar surface area (TPSA) is 78.5 Å². The molecule has 1 aromatic rings. The Morgan fingerprint density at radius 2 is 1.83 bits per heavy atom. The Labute approximate surface area is 172 Å². The fraction of sp³-hybridized carbons (Fsp3) is 0.609. The molecule has 1 aliphatic heterocycles. The van der Waals surface area contributed by atoms with Crippen LogP contribution in [0.3, 0.4) is 0 Å². The van der Waals surface area contributed by atoms with Gasteiger partial charge in [-0.3, -0.25) is 14.5 Å². The second-order valence-corrected chi connectivity index (χ2v) is 10.0. The van der Waals surface area contributed by atoms with Crippen LogP contribution in [0.5, 0.6) is 0 Å². The minimum atomic E-state index is -1.15. The highest BCUT2D eigenvalue weighted by molar-refractivity contribution is 6.09. The first kappa shape index (κ1) is 19.9. The summed E-state index contributed by atoms with van der Waals surface area (Å²) >= 11 is 0. The molecule has 2 saturated carbocycles. The van der Waals surface area contributed by atoms with Crippen LogP contribution in [0.4, 0.5) is 4.79 Å². The van der Waals surface area contributed by atoms with Gasteiger partial charge in [0, 0.05) is 6.04 Å². The van der Waals surface area contributed by atoms with Crippen LogP contribution in [0.2, 0.25) is 0 Å². The van der Waals surface area contributed by atoms with Crippen molar-refractivity contribution in [3.05, 3.63) is 35.4 Å². The molecule has 4 rings (SSSR count). The number of hydrogen-bond acceptors (Lipinski definition) is 3. The number of benzene rings is 1. The van der Waals surface area contributed by atoms with Gasteiger partial charge in [-0.2, -0.15) is 0 Å². The van der Waals surface area contributed by atoms with E-state index in [4.69, 9.17) is 0 Å². The SMILES string of the molecule is Cc1ccc(C2(C)NC(=O)N(CC(=O)NC3CC4CCC3(C)C4(C)C)C2=O)cc1. The van der Waals surface area contributed by atoms with E-state index >= 15 is 0 Å². The molecular weight excluding hydrogens is 366 g/mol. The molecule has 0 radical (unpaired) electrons. The van der Waals surface area contributed by atoms with Crippen molar-refractivity contribution in [3.8, 4) is 0 Å². The molecule has 29 heavy (non-hydrogen) atoms. The second kappa shape index (κ2) is 6.31. The van der Waals surface area contributed by atoms with Crippen LogP contribution in [-0.2, 0) is 15.1 Å². The largest absolute Gasteiger partial charge is 0.351 e. The van der Waals surface area contributed by atoms with Crippen LogP contribution >= 0.6 is 0 Å². The van der Waals surface area contributed by atoms with E-state index in [1.54, 1.807) is 6.92 Å². The normalized spacial score (nSPS) is 35.1. The monoisotopic (exact) mass is 397 g/mol. The molecule has 6 heteroatoms. The molecule has 4 atom stereocenters. The van der Waals surface area contributed by atoms with Crippen molar-refractivity contribution in [2.75, 3.05) is 6.54 Å². The molecule has 1 saturated heterocycles. The Balaban J connectivity index is 1.46. The zero-order chi connectivity index (χ0) is 21.2. The van der Waals surface area contributed by atoms with Gasteiger partial charge in [0.15, 0.2) is 0 Å². The van der Waals surface area contributed by atoms with Gasteiger partial charge < -0.3 is 10.6 Å². The van der Waals surface area contributed by atoms with Gasteiger partial charge in [-0.05, 0) is 55.4 Å². The number of nitrogens with zero attached hydrogens (tertiary/aromatic N) is 1. The van der Waals surface area contributed by atoms with Crippen molar-refractivity contribution in [2.45, 2.75) is 65.5 Å². The molecule has 1 heterocycles. The number of carbonyl (C=O) groups excluding carboxylic acids is 3. The first-order valence-electron chi connectivity index (χ1n) is 10.5. The molecule has 1 aromatic carbocycles. The zero-order valence-electron chi connectivity index (χ0n) is 18.0. The van der Waals surface area contributed by atoms with E-state index in [-0.39, 0.29) is 35.2 Å². The number of urea groups is 1. The van der Waals surface area contributed by atoms with E-state index in [0.717, 1.165) is 23.3 Å². The maximum Gasteiger partial charge on any atom is 0.325 e. The molecule has 2 aliphatic carbocycles. The lowest BCUT2D eigenvalue weighted by atomic mass is 9.69. The Morgan fingerprint density at radius 1 is 1.17 bits per heavy atom. The molecular formula is C23H31N3O3. The lowest BCUT2D eigenvalue weighted by Gasteiger charge is -2.39. The Bertz CT molecular complexity index is 878. The molecule has 3 fully saturated rings. The van der Waals surface area contributed by atoms with Crippen LogP contribution in [0.25, 0.3) is 0 Å². The lowest BCUT2D eigenvalue weighted by Crippen LogP contribution is -2.50. The number of amides is 4. The third kappa shape index (κ3) is 2.79. The minimum absolute atomic E-state index is 0.0566. The summed E-state index contributed by atoms with van der Waals surface area (Å²) in [4.78, 5) is 39.4. The first-order valence-corrected chi connectivity index (χ1v) is 10.5. The van der Waals surface area contributed by atoms with E-state index in [0.29, 0.717) is 11.5 Å². The zero-order valence-corrected chi connectivity index (χ0v) is 18.0. The quantitative estimate of drug-likeness (QED) is 0.767. The van der Waals surface area contributed by atoms with Crippen LogP contribution < -0.4 is 10.6 Å². The van der Waals surface area contributed by atoms with Crippen molar-refractivity contribution < 1.29 is 14.4 Å². The molecule has 0 aromatic heterocycles. The number of aryl methyl sites for hydroxylation is 1. The third-order valence-electron chi connectivity index (χ3n) is 8.33. The predicted molar refractivity (Wildman–Crippen MR) is 110 cm³/mol. The molecule has 2 N–H and O–H groups in total. The standard InChI is InChI=1S/C23H31N3O3/c1-14-6-8-15(9-7-14)23(5)19(28)26(20(29)25-23)13-18(27)24-17-12-16-10-11-22(17,4)21(16,2)3/h6-9,16-17H,10-13H2,1-5H3,(H,24,27)(H,25,29). The van der Waals surface area contributed by atoms with Gasteiger partial charge in [0.05, 0.1) is 0 Å². The number of rotatable bonds is 4.